The predicted molar refractivity (Wildman–Crippen MR) is 96.8 cm³/mol. The van der Waals surface area contributed by atoms with Gasteiger partial charge in [0, 0.05) is 18.9 Å². The van der Waals surface area contributed by atoms with Gasteiger partial charge < -0.3 is 9.84 Å². The average Bonchev–Trinajstić information content (AvgIpc) is 3.13. The Morgan fingerprint density at radius 2 is 1.93 bits per heavy atom. The lowest BCUT2D eigenvalue weighted by molar-refractivity contribution is -0.145. The number of carboxylic acids is 1. The van der Waals surface area contributed by atoms with Crippen molar-refractivity contribution in [1.29, 1.82) is 0 Å². The Morgan fingerprint density at radius 3 is 2.45 bits per heavy atom. The molecule has 3 atom stereocenters. The van der Waals surface area contributed by atoms with Crippen LogP contribution >= 0.6 is 0 Å². The van der Waals surface area contributed by atoms with E-state index in [-0.39, 0.29) is 24.1 Å². The molecule has 0 saturated heterocycles. The van der Waals surface area contributed by atoms with Gasteiger partial charge in [0.25, 0.3) is 0 Å². The van der Waals surface area contributed by atoms with Gasteiger partial charge >= 0.3 is 12.1 Å². The van der Waals surface area contributed by atoms with E-state index in [0.717, 1.165) is 12.1 Å². The molecule has 1 aromatic carbocycles. The molecule has 1 saturated carbocycles. The third-order valence-electron chi connectivity index (χ3n) is 5.07. The fourth-order valence-corrected chi connectivity index (χ4v) is 5.60. The number of sulfone groups is 1. The van der Waals surface area contributed by atoms with Gasteiger partial charge in [0.05, 0.1) is 33.4 Å². The van der Waals surface area contributed by atoms with Crippen LogP contribution in [-0.4, -0.2) is 42.9 Å². The first kappa shape index (κ1) is 21.3. The standard InChI is InChI=1S/C19H18F3NO5S/c1-28-16-10-12(9-13(16)18(24)25)29(26,27)17-6-5-11(8-14(17)19(20,21)22)15-4-2-3-7-23-15/h2-8,12-13,16H,9-10H2,1H3,(H,24,25)/t12-,13-,16-/m1/s1. The minimum Gasteiger partial charge on any atom is -0.481 e. The molecule has 0 spiro atoms. The van der Waals surface area contributed by atoms with Crippen molar-refractivity contribution >= 4 is 15.8 Å². The van der Waals surface area contributed by atoms with Crippen LogP contribution < -0.4 is 0 Å². The monoisotopic (exact) mass is 429 g/mol. The highest BCUT2D eigenvalue weighted by molar-refractivity contribution is 7.92. The number of hydrogen-bond acceptors (Lipinski definition) is 5. The number of methoxy groups -OCH3 is 1. The zero-order valence-electron chi connectivity index (χ0n) is 15.3. The molecule has 2 aromatic rings. The number of hydrogen-bond donors (Lipinski definition) is 1. The summed E-state index contributed by atoms with van der Waals surface area (Å²) < 4.78 is 72.2. The molecule has 29 heavy (non-hydrogen) atoms. The van der Waals surface area contributed by atoms with Crippen molar-refractivity contribution in [2.75, 3.05) is 7.11 Å². The van der Waals surface area contributed by atoms with E-state index in [4.69, 9.17) is 4.74 Å². The van der Waals surface area contributed by atoms with Gasteiger partial charge in [0.2, 0.25) is 0 Å². The zero-order valence-corrected chi connectivity index (χ0v) is 16.1. The smallest absolute Gasteiger partial charge is 0.417 e. The van der Waals surface area contributed by atoms with Crippen LogP contribution in [-0.2, 0) is 25.5 Å². The van der Waals surface area contributed by atoms with Gasteiger partial charge in [-0.3, -0.25) is 9.78 Å². The molecular weight excluding hydrogens is 411 g/mol. The molecule has 3 rings (SSSR count). The van der Waals surface area contributed by atoms with E-state index in [1.165, 1.54) is 25.4 Å². The third kappa shape index (κ3) is 4.13. The fraction of sp³-hybridized carbons (Fsp3) is 0.368. The van der Waals surface area contributed by atoms with Gasteiger partial charge in [-0.15, -0.1) is 0 Å². The summed E-state index contributed by atoms with van der Waals surface area (Å²) in [5, 5.41) is 7.97. The summed E-state index contributed by atoms with van der Waals surface area (Å²) in [7, 11) is -3.20. The molecule has 156 valence electrons. The molecule has 1 aromatic heterocycles. The van der Waals surface area contributed by atoms with Crippen LogP contribution in [0.2, 0.25) is 0 Å². The van der Waals surface area contributed by atoms with E-state index in [2.05, 4.69) is 4.98 Å². The van der Waals surface area contributed by atoms with Gasteiger partial charge in [-0.2, -0.15) is 13.2 Å². The molecule has 0 amide bonds. The summed E-state index contributed by atoms with van der Waals surface area (Å²) in [6.45, 7) is 0. The number of carbonyl (C=O) groups is 1. The highest BCUT2D eigenvalue weighted by Crippen LogP contribution is 2.41. The predicted octanol–water partition coefficient (Wildman–Crippen LogP) is 3.42. The van der Waals surface area contributed by atoms with Crippen LogP contribution in [0.1, 0.15) is 18.4 Å². The van der Waals surface area contributed by atoms with Crippen molar-refractivity contribution in [3.63, 3.8) is 0 Å². The van der Waals surface area contributed by atoms with Crippen molar-refractivity contribution in [3.05, 3.63) is 48.2 Å². The maximum Gasteiger partial charge on any atom is 0.417 e. The number of aliphatic carboxylic acids is 1. The van der Waals surface area contributed by atoms with E-state index < -0.39 is 49.7 Å². The zero-order chi connectivity index (χ0) is 21.4. The Labute approximate surface area is 165 Å². The molecule has 1 aliphatic carbocycles. The lowest BCUT2D eigenvalue weighted by Gasteiger charge is -2.18. The second-order valence-electron chi connectivity index (χ2n) is 6.78. The molecule has 0 radical (unpaired) electrons. The number of ether oxygens (including phenoxy) is 1. The summed E-state index contributed by atoms with van der Waals surface area (Å²) in [6, 6.07) is 7.67. The van der Waals surface area contributed by atoms with E-state index in [9.17, 15) is 31.5 Å². The molecule has 6 nitrogen and oxygen atoms in total. The molecule has 0 aliphatic heterocycles. The Balaban J connectivity index is 2.06. The third-order valence-corrected chi connectivity index (χ3v) is 7.30. The SMILES string of the molecule is CO[C@@H]1C[C@H](S(=O)(=O)c2ccc(-c3ccccn3)cc2C(F)(F)F)C[C@H]1C(=O)O. The number of rotatable bonds is 5. The van der Waals surface area contributed by atoms with E-state index >= 15 is 0 Å². The first-order valence-electron chi connectivity index (χ1n) is 8.68. The van der Waals surface area contributed by atoms with E-state index in [1.807, 2.05) is 0 Å². The lowest BCUT2D eigenvalue weighted by Crippen LogP contribution is -2.24. The Kier molecular flexibility index (Phi) is 5.68. The summed E-state index contributed by atoms with van der Waals surface area (Å²) >= 11 is 0. The normalized spacial score (nSPS) is 22.6. The summed E-state index contributed by atoms with van der Waals surface area (Å²) in [6.07, 6.45) is -4.87. The first-order valence-corrected chi connectivity index (χ1v) is 10.2. The summed E-state index contributed by atoms with van der Waals surface area (Å²) in [4.78, 5) is 14.5. The maximum atomic E-state index is 13.7. The number of carboxylic acid groups (broad SMARTS) is 1. The number of benzene rings is 1. The second-order valence-corrected chi connectivity index (χ2v) is 8.98. The molecule has 0 bridgehead atoms. The fourth-order valence-electron chi connectivity index (χ4n) is 3.60. The maximum absolute atomic E-state index is 13.7. The molecule has 1 N–H and O–H groups in total. The van der Waals surface area contributed by atoms with Gasteiger partial charge in [-0.25, -0.2) is 8.42 Å². The Morgan fingerprint density at radius 1 is 1.21 bits per heavy atom. The number of aromatic nitrogens is 1. The number of pyridine rings is 1. The summed E-state index contributed by atoms with van der Waals surface area (Å²) in [5.41, 5.74) is -0.900. The van der Waals surface area contributed by atoms with Crippen molar-refractivity contribution in [1.82, 2.24) is 4.98 Å². The molecule has 0 unspecified atom stereocenters. The van der Waals surface area contributed by atoms with Crippen molar-refractivity contribution < 1.29 is 36.2 Å². The lowest BCUT2D eigenvalue weighted by atomic mass is 10.1. The van der Waals surface area contributed by atoms with Crippen LogP contribution in [0.15, 0.2) is 47.5 Å². The van der Waals surface area contributed by atoms with Crippen molar-refractivity contribution in [2.45, 2.75) is 35.3 Å². The second kappa shape index (κ2) is 7.75. The number of nitrogens with zero attached hydrogens (tertiary/aromatic N) is 1. The van der Waals surface area contributed by atoms with Crippen LogP contribution in [0.3, 0.4) is 0 Å². The van der Waals surface area contributed by atoms with Crippen molar-refractivity contribution in [2.24, 2.45) is 5.92 Å². The first-order chi connectivity index (χ1) is 13.6. The average molecular weight is 429 g/mol. The Hall–Kier alpha value is -2.46. The van der Waals surface area contributed by atoms with E-state index in [0.29, 0.717) is 0 Å². The van der Waals surface area contributed by atoms with Crippen LogP contribution in [0, 0.1) is 5.92 Å². The highest BCUT2D eigenvalue weighted by Gasteiger charge is 2.47. The van der Waals surface area contributed by atoms with Crippen LogP contribution in [0.4, 0.5) is 13.2 Å². The summed E-state index contributed by atoms with van der Waals surface area (Å²) in [5.74, 6) is -2.34. The van der Waals surface area contributed by atoms with Crippen molar-refractivity contribution in [3.8, 4) is 11.3 Å². The van der Waals surface area contributed by atoms with E-state index in [1.54, 1.807) is 12.1 Å². The molecular formula is C19H18F3NO5S. The largest absolute Gasteiger partial charge is 0.481 e. The molecule has 10 heteroatoms. The molecule has 1 aliphatic rings. The molecule has 1 fully saturated rings. The number of halogens is 3. The van der Waals surface area contributed by atoms with Gasteiger partial charge in [-0.05, 0) is 37.1 Å². The number of alkyl halides is 3. The highest BCUT2D eigenvalue weighted by atomic mass is 32.2. The topological polar surface area (TPSA) is 93.6 Å². The van der Waals surface area contributed by atoms with Gasteiger partial charge in [-0.1, -0.05) is 12.1 Å². The van der Waals surface area contributed by atoms with Crippen LogP contribution in [0.5, 0.6) is 0 Å². The quantitative estimate of drug-likeness (QED) is 0.783. The van der Waals surface area contributed by atoms with Gasteiger partial charge in [0.15, 0.2) is 9.84 Å². The van der Waals surface area contributed by atoms with Crippen LogP contribution in [0.25, 0.3) is 11.3 Å². The van der Waals surface area contributed by atoms with Gasteiger partial charge in [0.1, 0.15) is 0 Å². The Bertz CT molecular complexity index is 1010. The molecule has 1 heterocycles. The minimum absolute atomic E-state index is 0.126. The minimum atomic E-state index is -4.92.